The van der Waals surface area contributed by atoms with E-state index in [2.05, 4.69) is 25.9 Å². The molecule has 0 aliphatic carbocycles. The van der Waals surface area contributed by atoms with Gasteiger partial charge in [0, 0.05) is 11.5 Å². The Morgan fingerprint density at radius 1 is 1.45 bits per heavy atom. The number of hydrogen-bond donors (Lipinski definition) is 0. The molecule has 1 aromatic heterocycles. The van der Waals surface area contributed by atoms with E-state index in [9.17, 15) is 0 Å². The van der Waals surface area contributed by atoms with Crippen LogP contribution >= 0.6 is 11.8 Å². The van der Waals surface area contributed by atoms with Gasteiger partial charge in [-0.25, -0.2) is 0 Å². The van der Waals surface area contributed by atoms with E-state index < -0.39 is 0 Å². The molecule has 0 unspecified atom stereocenters. The molecular weight excluding hydrogens is 158 g/mol. The van der Waals surface area contributed by atoms with Gasteiger partial charge < -0.3 is 4.52 Å². The van der Waals surface area contributed by atoms with E-state index in [0.29, 0.717) is 0 Å². The molecule has 3 heteroatoms. The van der Waals surface area contributed by atoms with Crippen molar-refractivity contribution in [3.05, 3.63) is 11.8 Å². The molecule has 0 saturated carbocycles. The Labute approximate surface area is 71.3 Å². The fraction of sp³-hybridized carbons (Fsp3) is 0.625. The lowest BCUT2D eigenvalue weighted by Crippen LogP contribution is -2.10. The summed E-state index contributed by atoms with van der Waals surface area (Å²) in [5.41, 5.74) is 1.11. The molecule has 0 spiro atoms. The van der Waals surface area contributed by atoms with Crippen LogP contribution in [0.1, 0.15) is 26.5 Å². The van der Waals surface area contributed by atoms with E-state index in [1.807, 2.05) is 12.3 Å². The molecule has 0 bridgehead atoms. The molecule has 0 aliphatic rings. The van der Waals surface area contributed by atoms with E-state index in [-0.39, 0.29) is 5.41 Å². The molecule has 1 heterocycles. The molecule has 0 N–H and O–H groups in total. The van der Waals surface area contributed by atoms with Crippen LogP contribution in [0.4, 0.5) is 0 Å². The summed E-state index contributed by atoms with van der Waals surface area (Å²) < 4.78 is 5.05. The lowest BCUT2D eigenvalue weighted by Gasteiger charge is -2.12. The summed E-state index contributed by atoms with van der Waals surface area (Å²) in [7, 11) is 0. The van der Waals surface area contributed by atoms with Gasteiger partial charge in [0.25, 0.3) is 0 Å². The molecule has 0 fully saturated rings. The molecule has 0 saturated heterocycles. The predicted molar refractivity (Wildman–Crippen MR) is 47.0 cm³/mol. The molecule has 0 aromatic carbocycles. The van der Waals surface area contributed by atoms with E-state index in [4.69, 9.17) is 4.52 Å². The third-order valence-electron chi connectivity index (χ3n) is 1.46. The fourth-order valence-corrected chi connectivity index (χ4v) is 1.05. The summed E-state index contributed by atoms with van der Waals surface area (Å²) in [6.07, 6.45) is 1.98. The monoisotopic (exact) mass is 171 g/mol. The van der Waals surface area contributed by atoms with E-state index in [1.54, 1.807) is 11.8 Å². The van der Waals surface area contributed by atoms with Crippen LogP contribution in [0.3, 0.4) is 0 Å². The van der Waals surface area contributed by atoms with Gasteiger partial charge >= 0.3 is 0 Å². The van der Waals surface area contributed by atoms with Crippen LogP contribution < -0.4 is 0 Å². The van der Waals surface area contributed by atoms with Gasteiger partial charge in [-0.05, 0) is 6.26 Å². The molecule has 0 amide bonds. The zero-order chi connectivity index (χ0) is 8.48. The minimum absolute atomic E-state index is 0.0947. The molecule has 62 valence electrons. The highest BCUT2D eigenvalue weighted by Gasteiger charge is 2.18. The molecule has 0 atom stereocenters. The molecule has 1 aromatic rings. The first kappa shape index (κ1) is 8.65. The van der Waals surface area contributed by atoms with Gasteiger partial charge in [0.1, 0.15) is 0 Å². The summed E-state index contributed by atoms with van der Waals surface area (Å²) in [4.78, 5) is 0. The van der Waals surface area contributed by atoms with Crippen LogP contribution in [-0.2, 0) is 5.41 Å². The minimum atomic E-state index is 0.0947. The van der Waals surface area contributed by atoms with Crippen molar-refractivity contribution in [3.8, 4) is 0 Å². The Bertz CT molecular complexity index is 236. The maximum absolute atomic E-state index is 5.05. The van der Waals surface area contributed by atoms with Crippen LogP contribution in [0.15, 0.2) is 15.7 Å². The standard InChI is InChI=1S/C8H13NOS/c1-8(2,3)6-5-7(11-4)10-9-6/h5H,1-4H3. The first-order valence-corrected chi connectivity index (χ1v) is 4.77. The maximum Gasteiger partial charge on any atom is 0.193 e. The molecule has 2 nitrogen and oxygen atoms in total. The summed E-state index contributed by atoms with van der Waals surface area (Å²) in [6.45, 7) is 6.36. The highest BCUT2D eigenvalue weighted by molar-refractivity contribution is 7.98. The third kappa shape index (κ3) is 1.99. The number of thioether (sulfide) groups is 1. The van der Waals surface area contributed by atoms with Crippen LogP contribution in [0.25, 0.3) is 0 Å². The van der Waals surface area contributed by atoms with E-state index in [0.717, 1.165) is 10.8 Å². The highest BCUT2D eigenvalue weighted by Crippen LogP contribution is 2.24. The van der Waals surface area contributed by atoms with Crippen LogP contribution in [-0.4, -0.2) is 11.4 Å². The van der Waals surface area contributed by atoms with Crippen LogP contribution in [0.5, 0.6) is 0 Å². The second-order valence-electron chi connectivity index (χ2n) is 3.49. The number of hydrogen-bond acceptors (Lipinski definition) is 3. The Morgan fingerprint density at radius 2 is 2.09 bits per heavy atom. The van der Waals surface area contributed by atoms with Crippen molar-refractivity contribution < 1.29 is 4.52 Å². The first-order chi connectivity index (χ1) is 5.04. The second-order valence-corrected chi connectivity index (χ2v) is 4.30. The molecule has 1 rings (SSSR count). The number of nitrogens with zero attached hydrogens (tertiary/aromatic N) is 1. The van der Waals surface area contributed by atoms with Gasteiger partial charge in [-0.3, -0.25) is 0 Å². The summed E-state index contributed by atoms with van der Waals surface area (Å²) in [6, 6.07) is 1.99. The second kappa shape index (κ2) is 2.89. The topological polar surface area (TPSA) is 26.0 Å². The van der Waals surface area contributed by atoms with Crippen molar-refractivity contribution in [2.24, 2.45) is 0 Å². The number of aromatic nitrogens is 1. The SMILES string of the molecule is CSc1cc(C(C)(C)C)no1. The van der Waals surface area contributed by atoms with Crippen LogP contribution in [0, 0.1) is 0 Å². The Balaban J connectivity index is 2.89. The molecular formula is C8H13NOS. The third-order valence-corrected chi connectivity index (χ3v) is 2.05. The zero-order valence-corrected chi connectivity index (χ0v) is 8.16. The van der Waals surface area contributed by atoms with Gasteiger partial charge in [0.15, 0.2) is 5.09 Å². The zero-order valence-electron chi connectivity index (χ0n) is 7.34. The quantitative estimate of drug-likeness (QED) is 0.608. The normalized spacial score (nSPS) is 12.0. The smallest absolute Gasteiger partial charge is 0.193 e. The van der Waals surface area contributed by atoms with Gasteiger partial charge in [-0.2, -0.15) is 0 Å². The average Bonchev–Trinajstić information content (AvgIpc) is 2.32. The first-order valence-electron chi connectivity index (χ1n) is 3.55. The van der Waals surface area contributed by atoms with Crippen molar-refractivity contribution in [2.45, 2.75) is 31.3 Å². The molecule has 0 aliphatic heterocycles. The minimum Gasteiger partial charge on any atom is -0.350 e. The summed E-state index contributed by atoms with van der Waals surface area (Å²) >= 11 is 1.58. The lowest BCUT2D eigenvalue weighted by atomic mass is 9.93. The van der Waals surface area contributed by atoms with Gasteiger partial charge in [0.2, 0.25) is 0 Å². The van der Waals surface area contributed by atoms with Crippen molar-refractivity contribution in [1.29, 1.82) is 0 Å². The van der Waals surface area contributed by atoms with Crippen molar-refractivity contribution in [3.63, 3.8) is 0 Å². The van der Waals surface area contributed by atoms with Crippen molar-refractivity contribution >= 4 is 11.8 Å². The van der Waals surface area contributed by atoms with E-state index >= 15 is 0 Å². The molecule has 0 radical (unpaired) electrons. The van der Waals surface area contributed by atoms with Crippen LogP contribution in [0.2, 0.25) is 0 Å². The summed E-state index contributed by atoms with van der Waals surface area (Å²) in [5, 5.41) is 4.85. The van der Waals surface area contributed by atoms with Gasteiger partial charge in [-0.1, -0.05) is 37.7 Å². The predicted octanol–water partition coefficient (Wildman–Crippen LogP) is 2.69. The Kier molecular flexibility index (Phi) is 2.28. The lowest BCUT2D eigenvalue weighted by molar-refractivity contribution is 0.335. The largest absolute Gasteiger partial charge is 0.350 e. The van der Waals surface area contributed by atoms with Gasteiger partial charge in [-0.15, -0.1) is 0 Å². The highest BCUT2D eigenvalue weighted by atomic mass is 32.2. The number of rotatable bonds is 1. The van der Waals surface area contributed by atoms with E-state index in [1.165, 1.54) is 0 Å². The fourth-order valence-electron chi connectivity index (χ4n) is 0.708. The summed E-state index contributed by atoms with van der Waals surface area (Å²) in [5.74, 6) is 0. The maximum atomic E-state index is 5.05. The Morgan fingerprint density at radius 3 is 2.36 bits per heavy atom. The van der Waals surface area contributed by atoms with Crippen molar-refractivity contribution in [1.82, 2.24) is 5.16 Å². The van der Waals surface area contributed by atoms with Crippen molar-refractivity contribution in [2.75, 3.05) is 6.26 Å². The molecule has 11 heavy (non-hydrogen) atoms. The average molecular weight is 171 g/mol. The van der Waals surface area contributed by atoms with Gasteiger partial charge in [0.05, 0.1) is 5.69 Å². The Hall–Kier alpha value is -0.440.